The second-order valence-corrected chi connectivity index (χ2v) is 3.75. The molecule has 0 radical (unpaired) electrons. The minimum Gasteiger partial charge on any atom is -0.480 e. The summed E-state index contributed by atoms with van der Waals surface area (Å²) in [5.41, 5.74) is 0.462. The fraction of sp³-hybridized carbons (Fsp3) is 0.889. The van der Waals surface area contributed by atoms with Crippen molar-refractivity contribution in [2.24, 2.45) is 5.41 Å². The highest BCUT2D eigenvalue weighted by Gasteiger charge is 2.40. The van der Waals surface area contributed by atoms with Gasteiger partial charge in [-0.2, -0.15) is 0 Å². The molecule has 2 N–H and O–H groups in total. The lowest BCUT2D eigenvalue weighted by Crippen LogP contribution is -2.29. The first-order valence-electron chi connectivity index (χ1n) is 4.61. The second kappa shape index (κ2) is 3.90. The summed E-state index contributed by atoms with van der Waals surface area (Å²) in [4.78, 5) is 10.2. The normalized spacial score (nSPS) is 19.1. The first-order valence-corrected chi connectivity index (χ1v) is 4.61. The van der Waals surface area contributed by atoms with E-state index in [2.05, 4.69) is 12.2 Å². The molecular weight excluding hydrogens is 154 g/mol. The monoisotopic (exact) mass is 171 g/mol. The van der Waals surface area contributed by atoms with Crippen LogP contribution in [0.5, 0.6) is 0 Å². The number of carboxylic acid groups (broad SMARTS) is 1. The van der Waals surface area contributed by atoms with E-state index < -0.39 is 5.97 Å². The molecule has 0 saturated heterocycles. The van der Waals surface area contributed by atoms with Gasteiger partial charge in [-0.1, -0.05) is 13.3 Å². The van der Waals surface area contributed by atoms with E-state index in [1.165, 1.54) is 25.7 Å². The molecule has 1 aliphatic rings. The number of carboxylic acids is 1. The zero-order valence-corrected chi connectivity index (χ0v) is 7.60. The smallest absolute Gasteiger partial charge is 0.317 e. The molecule has 12 heavy (non-hydrogen) atoms. The fourth-order valence-corrected chi connectivity index (χ4v) is 1.66. The highest BCUT2D eigenvalue weighted by molar-refractivity contribution is 5.68. The summed E-state index contributed by atoms with van der Waals surface area (Å²) >= 11 is 0. The van der Waals surface area contributed by atoms with Crippen LogP contribution in [0.25, 0.3) is 0 Å². The Kier molecular flexibility index (Phi) is 3.09. The van der Waals surface area contributed by atoms with Gasteiger partial charge in [-0.3, -0.25) is 4.79 Å². The average Bonchev–Trinajstić information content (AvgIpc) is 2.69. The SMILES string of the molecule is CCCC1(CNCC(=O)O)CC1. The van der Waals surface area contributed by atoms with E-state index in [-0.39, 0.29) is 6.54 Å². The third-order valence-electron chi connectivity index (χ3n) is 2.51. The van der Waals surface area contributed by atoms with Crippen LogP contribution in [0.3, 0.4) is 0 Å². The van der Waals surface area contributed by atoms with Crippen molar-refractivity contribution in [1.29, 1.82) is 0 Å². The van der Waals surface area contributed by atoms with Crippen LogP contribution in [0.4, 0.5) is 0 Å². The third kappa shape index (κ3) is 2.81. The Labute approximate surface area is 73.2 Å². The molecule has 70 valence electrons. The molecule has 0 aromatic carbocycles. The predicted molar refractivity (Wildman–Crippen MR) is 47.1 cm³/mol. The molecule has 1 saturated carbocycles. The molecular formula is C9H17NO2. The van der Waals surface area contributed by atoms with E-state index in [0.29, 0.717) is 5.41 Å². The Hall–Kier alpha value is -0.570. The summed E-state index contributed by atoms with van der Waals surface area (Å²) < 4.78 is 0. The van der Waals surface area contributed by atoms with E-state index in [0.717, 1.165) is 6.54 Å². The number of hydrogen-bond acceptors (Lipinski definition) is 2. The summed E-state index contributed by atoms with van der Waals surface area (Å²) in [6, 6.07) is 0. The van der Waals surface area contributed by atoms with Gasteiger partial charge in [-0.15, -0.1) is 0 Å². The molecule has 0 atom stereocenters. The maximum atomic E-state index is 10.2. The highest BCUT2D eigenvalue weighted by atomic mass is 16.4. The van der Waals surface area contributed by atoms with Crippen molar-refractivity contribution in [2.45, 2.75) is 32.6 Å². The molecule has 1 fully saturated rings. The zero-order valence-electron chi connectivity index (χ0n) is 7.60. The topological polar surface area (TPSA) is 49.3 Å². The van der Waals surface area contributed by atoms with Crippen molar-refractivity contribution in [2.75, 3.05) is 13.1 Å². The van der Waals surface area contributed by atoms with Crippen LogP contribution in [0.15, 0.2) is 0 Å². The number of carbonyl (C=O) groups is 1. The van der Waals surface area contributed by atoms with Crippen molar-refractivity contribution in [3.8, 4) is 0 Å². The summed E-state index contributed by atoms with van der Waals surface area (Å²) in [6.07, 6.45) is 4.98. The lowest BCUT2D eigenvalue weighted by Gasteiger charge is -2.13. The summed E-state index contributed by atoms with van der Waals surface area (Å²) in [6.45, 7) is 3.16. The van der Waals surface area contributed by atoms with Crippen LogP contribution in [0.1, 0.15) is 32.6 Å². The molecule has 0 aromatic heterocycles. The molecule has 0 bridgehead atoms. The Morgan fingerprint density at radius 1 is 1.58 bits per heavy atom. The molecule has 3 heteroatoms. The van der Waals surface area contributed by atoms with Crippen LogP contribution in [0, 0.1) is 5.41 Å². The molecule has 0 spiro atoms. The number of hydrogen-bond donors (Lipinski definition) is 2. The van der Waals surface area contributed by atoms with Crippen molar-refractivity contribution < 1.29 is 9.90 Å². The molecule has 1 rings (SSSR count). The van der Waals surface area contributed by atoms with Crippen LogP contribution in [-0.4, -0.2) is 24.2 Å². The summed E-state index contributed by atoms with van der Waals surface area (Å²) in [7, 11) is 0. The first kappa shape index (κ1) is 9.52. The maximum absolute atomic E-state index is 10.2. The van der Waals surface area contributed by atoms with Gasteiger partial charge in [0.1, 0.15) is 0 Å². The summed E-state index contributed by atoms with van der Waals surface area (Å²) in [5, 5.41) is 11.4. The molecule has 0 unspecified atom stereocenters. The van der Waals surface area contributed by atoms with Gasteiger partial charge in [-0.05, 0) is 24.7 Å². The number of nitrogens with one attached hydrogen (secondary N) is 1. The molecule has 3 nitrogen and oxygen atoms in total. The first-order chi connectivity index (χ1) is 5.68. The maximum Gasteiger partial charge on any atom is 0.317 e. The Balaban J connectivity index is 2.09. The van der Waals surface area contributed by atoms with E-state index in [1.807, 2.05) is 0 Å². The van der Waals surface area contributed by atoms with Crippen LogP contribution < -0.4 is 5.32 Å². The van der Waals surface area contributed by atoms with E-state index in [1.54, 1.807) is 0 Å². The highest BCUT2D eigenvalue weighted by Crippen LogP contribution is 2.48. The molecule has 0 aliphatic heterocycles. The number of rotatable bonds is 6. The van der Waals surface area contributed by atoms with Crippen molar-refractivity contribution in [3.63, 3.8) is 0 Å². The molecule has 1 aliphatic carbocycles. The lowest BCUT2D eigenvalue weighted by atomic mass is 10.0. The van der Waals surface area contributed by atoms with Gasteiger partial charge < -0.3 is 10.4 Å². The van der Waals surface area contributed by atoms with Gasteiger partial charge in [-0.25, -0.2) is 0 Å². The second-order valence-electron chi connectivity index (χ2n) is 3.75. The zero-order chi connectivity index (χ0) is 9.03. The van der Waals surface area contributed by atoms with E-state index >= 15 is 0 Å². The van der Waals surface area contributed by atoms with E-state index in [9.17, 15) is 4.79 Å². The standard InChI is InChI=1S/C9H17NO2/c1-2-3-9(4-5-9)7-10-6-8(11)12/h10H,2-7H2,1H3,(H,11,12). The molecule has 0 aromatic rings. The van der Waals surface area contributed by atoms with Crippen molar-refractivity contribution in [1.82, 2.24) is 5.32 Å². The summed E-state index contributed by atoms with van der Waals surface area (Å²) in [5.74, 6) is -0.762. The average molecular weight is 171 g/mol. The largest absolute Gasteiger partial charge is 0.480 e. The number of aliphatic carboxylic acids is 1. The quantitative estimate of drug-likeness (QED) is 0.632. The van der Waals surface area contributed by atoms with Gasteiger partial charge >= 0.3 is 5.97 Å². The minimum atomic E-state index is -0.762. The predicted octanol–water partition coefficient (Wildman–Crippen LogP) is 1.24. The minimum absolute atomic E-state index is 0.103. The van der Waals surface area contributed by atoms with Gasteiger partial charge in [0.25, 0.3) is 0 Å². The van der Waals surface area contributed by atoms with Gasteiger partial charge in [0.15, 0.2) is 0 Å². The Morgan fingerprint density at radius 3 is 2.67 bits per heavy atom. The third-order valence-corrected chi connectivity index (χ3v) is 2.51. The van der Waals surface area contributed by atoms with Crippen LogP contribution in [-0.2, 0) is 4.79 Å². The molecule has 0 amide bonds. The van der Waals surface area contributed by atoms with Gasteiger partial charge in [0, 0.05) is 6.54 Å². The van der Waals surface area contributed by atoms with Crippen LogP contribution in [0.2, 0.25) is 0 Å². The fourth-order valence-electron chi connectivity index (χ4n) is 1.66. The van der Waals surface area contributed by atoms with E-state index in [4.69, 9.17) is 5.11 Å². The van der Waals surface area contributed by atoms with Crippen molar-refractivity contribution >= 4 is 5.97 Å². The van der Waals surface area contributed by atoms with Crippen LogP contribution >= 0.6 is 0 Å². The van der Waals surface area contributed by atoms with Gasteiger partial charge in [0.2, 0.25) is 0 Å². The molecule has 0 heterocycles. The lowest BCUT2D eigenvalue weighted by molar-refractivity contribution is -0.136. The Morgan fingerprint density at radius 2 is 2.25 bits per heavy atom. The Bertz CT molecular complexity index is 164. The van der Waals surface area contributed by atoms with Crippen molar-refractivity contribution in [3.05, 3.63) is 0 Å². The van der Waals surface area contributed by atoms with Gasteiger partial charge in [0.05, 0.1) is 6.54 Å².